The van der Waals surface area contributed by atoms with E-state index in [2.05, 4.69) is 10.3 Å². The topological polar surface area (TPSA) is 89.4 Å². The fourth-order valence-corrected chi connectivity index (χ4v) is 4.49. The second kappa shape index (κ2) is 9.62. The van der Waals surface area contributed by atoms with Gasteiger partial charge in [-0.25, -0.2) is 9.78 Å². The fraction of sp³-hybridized carbons (Fsp3) is 0.440. The van der Waals surface area contributed by atoms with Crippen LogP contribution in [0, 0.1) is 6.92 Å². The molecule has 9 heteroatoms. The Kier molecular flexibility index (Phi) is 6.79. The van der Waals surface area contributed by atoms with Gasteiger partial charge in [0.2, 0.25) is 5.95 Å². The molecule has 1 atom stereocenters. The van der Waals surface area contributed by atoms with Crippen LogP contribution in [0.25, 0.3) is 11.0 Å². The third kappa shape index (κ3) is 5.33. The summed E-state index contributed by atoms with van der Waals surface area (Å²) in [6.45, 7) is 8.46. The second-order valence-electron chi connectivity index (χ2n) is 9.63. The summed E-state index contributed by atoms with van der Waals surface area (Å²) in [6.07, 6.45) is 3.87. The number of ether oxygens (including phenoxy) is 1. The molecule has 1 N–H and O–H groups in total. The zero-order valence-electron chi connectivity index (χ0n) is 20.0. The Morgan fingerprint density at radius 3 is 2.74 bits per heavy atom. The van der Waals surface area contributed by atoms with Crippen LogP contribution in [0.2, 0.25) is 5.02 Å². The van der Waals surface area contributed by atoms with Crippen molar-refractivity contribution in [1.29, 1.82) is 0 Å². The van der Waals surface area contributed by atoms with E-state index < -0.39 is 5.60 Å². The number of rotatable bonds is 3. The quantitative estimate of drug-likeness (QED) is 0.523. The molecular formula is C25H30ClN5O3. The number of aromatic nitrogens is 3. The second-order valence-corrected chi connectivity index (χ2v) is 10.0. The number of hydrogen-bond donors (Lipinski definition) is 1. The summed E-state index contributed by atoms with van der Waals surface area (Å²) in [5.74, 6) is 0.120. The number of nitrogens with one attached hydrogen (secondary N) is 1. The summed E-state index contributed by atoms with van der Waals surface area (Å²) in [5, 5.41) is 3.50. The largest absolute Gasteiger partial charge is 0.444 e. The van der Waals surface area contributed by atoms with Crippen LogP contribution in [0.5, 0.6) is 0 Å². The number of pyridine rings is 1. The van der Waals surface area contributed by atoms with Crippen molar-refractivity contribution in [3.8, 4) is 0 Å². The first-order valence-corrected chi connectivity index (χ1v) is 11.9. The lowest BCUT2D eigenvalue weighted by atomic mass is 10.1. The molecular weight excluding hydrogens is 454 g/mol. The molecule has 34 heavy (non-hydrogen) atoms. The first-order chi connectivity index (χ1) is 16.1. The number of aryl methyl sites for hydroxylation is 1. The molecule has 0 bridgehead atoms. The van der Waals surface area contributed by atoms with Crippen LogP contribution in [-0.2, 0) is 4.74 Å². The van der Waals surface area contributed by atoms with E-state index in [0.717, 1.165) is 30.5 Å². The molecule has 1 fully saturated rings. The van der Waals surface area contributed by atoms with Crippen molar-refractivity contribution in [2.45, 2.75) is 58.6 Å². The highest BCUT2D eigenvalue weighted by Gasteiger charge is 2.30. The Morgan fingerprint density at radius 2 is 2.00 bits per heavy atom. The van der Waals surface area contributed by atoms with Crippen LogP contribution in [-0.4, -0.2) is 50.1 Å². The number of fused-ring (bicyclic) bond motifs is 1. The number of hydrogen-bond acceptors (Lipinski definition) is 5. The van der Waals surface area contributed by atoms with Crippen LogP contribution in [0.15, 0.2) is 36.5 Å². The number of anilines is 1. The van der Waals surface area contributed by atoms with Crippen molar-refractivity contribution in [2.75, 3.05) is 18.4 Å². The van der Waals surface area contributed by atoms with Crippen molar-refractivity contribution in [3.63, 3.8) is 0 Å². The normalized spacial score (nSPS) is 16.9. The molecule has 0 saturated carbocycles. The Morgan fingerprint density at radius 1 is 1.21 bits per heavy atom. The van der Waals surface area contributed by atoms with E-state index in [-0.39, 0.29) is 18.0 Å². The molecule has 1 aliphatic heterocycles. The lowest BCUT2D eigenvalue weighted by molar-refractivity contribution is 0.0238. The summed E-state index contributed by atoms with van der Waals surface area (Å²) < 4.78 is 7.60. The van der Waals surface area contributed by atoms with E-state index in [1.54, 1.807) is 23.2 Å². The molecule has 8 nitrogen and oxygen atoms in total. The van der Waals surface area contributed by atoms with Crippen molar-refractivity contribution in [1.82, 2.24) is 19.4 Å². The van der Waals surface area contributed by atoms with Gasteiger partial charge >= 0.3 is 6.09 Å². The highest BCUT2D eigenvalue weighted by Crippen LogP contribution is 2.34. The number of carbonyl (C=O) groups is 2. The minimum absolute atomic E-state index is 0.130. The van der Waals surface area contributed by atoms with Gasteiger partial charge in [-0.1, -0.05) is 17.7 Å². The first-order valence-electron chi connectivity index (χ1n) is 11.5. The highest BCUT2D eigenvalue weighted by atomic mass is 35.5. The Labute approximate surface area is 204 Å². The maximum Gasteiger partial charge on any atom is 0.410 e. The predicted molar refractivity (Wildman–Crippen MR) is 132 cm³/mol. The van der Waals surface area contributed by atoms with Crippen LogP contribution >= 0.6 is 11.6 Å². The molecule has 0 radical (unpaired) electrons. The standard InChI is InChI=1S/C25H30ClN5O3/c1-16-14-17(11-12-27-16)22(32)29-23-28-20-10-7-9-19(26)21(20)31(23)18-8-5-6-13-30(15-18)24(33)34-25(2,3)4/h7,9-12,14,18H,5-6,8,13,15H2,1-4H3,(H,28,29,32)/t18-/m1/s1. The van der Waals surface area contributed by atoms with E-state index >= 15 is 0 Å². The maximum atomic E-state index is 13.1. The lowest BCUT2D eigenvalue weighted by Gasteiger charge is -2.29. The molecule has 1 saturated heterocycles. The number of amides is 2. The first kappa shape index (κ1) is 24.0. The lowest BCUT2D eigenvalue weighted by Crippen LogP contribution is -2.39. The summed E-state index contributed by atoms with van der Waals surface area (Å²) in [6, 6.07) is 8.77. The van der Waals surface area contributed by atoms with Crippen molar-refractivity contribution >= 4 is 40.6 Å². The number of halogens is 1. The summed E-state index contributed by atoms with van der Waals surface area (Å²) in [7, 11) is 0. The van der Waals surface area contributed by atoms with Crippen molar-refractivity contribution in [3.05, 3.63) is 52.8 Å². The molecule has 3 aromatic rings. The van der Waals surface area contributed by atoms with Crippen LogP contribution < -0.4 is 5.32 Å². The monoisotopic (exact) mass is 483 g/mol. The maximum absolute atomic E-state index is 13.1. The van der Waals surface area contributed by atoms with Gasteiger partial charge in [-0.05, 0) is 71.2 Å². The van der Waals surface area contributed by atoms with Gasteiger partial charge in [0.25, 0.3) is 5.91 Å². The molecule has 2 amide bonds. The Hall–Kier alpha value is -3.13. The Bertz CT molecular complexity index is 1220. The average Bonchev–Trinajstić information content (AvgIpc) is 2.95. The molecule has 1 aliphatic rings. The van der Waals surface area contributed by atoms with Crippen molar-refractivity contribution in [2.24, 2.45) is 0 Å². The average molecular weight is 484 g/mol. The number of likely N-dealkylation sites (tertiary alicyclic amines) is 1. The summed E-state index contributed by atoms with van der Waals surface area (Å²) >= 11 is 6.61. The van der Waals surface area contributed by atoms with Gasteiger partial charge in [0.15, 0.2) is 0 Å². The van der Waals surface area contributed by atoms with Gasteiger partial charge in [-0.15, -0.1) is 0 Å². The minimum Gasteiger partial charge on any atom is -0.444 e. The van der Waals surface area contributed by atoms with Gasteiger partial charge in [-0.3, -0.25) is 15.1 Å². The molecule has 4 rings (SSSR count). The van der Waals surface area contributed by atoms with Gasteiger partial charge < -0.3 is 14.2 Å². The summed E-state index contributed by atoms with van der Waals surface area (Å²) in [4.78, 5) is 36.5. The minimum atomic E-state index is -0.578. The Balaban J connectivity index is 1.71. The van der Waals surface area contributed by atoms with Crippen LogP contribution in [0.1, 0.15) is 62.1 Å². The SMILES string of the molecule is Cc1cc(C(=O)Nc2nc3cccc(Cl)c3n2[C@@H]2CCCCN(C(=O)OC(C)(C)C)C2)ccn1. The van der Waals surface area contributed by atoms with E-state index in [1.807, 2.05) is 50.5 Å². The van der Waals surface area contributed by atoms with Gasteiger partial charge in [0.05, 0.1) is 22.1 Å². The molecule has 2 aromatic heterocycles. The summed E-state index contributed by atoms with van der Waals surface area (Å²) in [5.41, 5.74) is 2.09. The third-order valence-corrected chi connectivity index (χ3v) is 6.01. The van der Waals surface area contributed by atoms with Crippen LogP contribution in [0.4, 0.5) is 10.7 Å². The van der Waals surface area contributed by atoms with E-state index in [1.165, 1.54) is 0 Å². The van der Waals surface area contributed by atoms with Gasteiger partial charge in [0, 0.05) is 30.5 Å². The molecule has 3 heterocycles. The van der Waals surface area contributed by atoms with Gasteiger partial charge in [-0.2, -0.15) is 0 Å². The van der Waals surface area contributed by atoms with Crippen LogP contribution in [0.3, 0.4) is 0 Å². The van der Waals surface area contributed by atoms with Gasteiger partial charge in [0.1, 0.15) is 5.60 Å². The fourth-order valence-electron chi connectivity index (χ4n) is 4.23. The number of imidazole rings is 1. The highest BCUT2D eigenvalue weighted by molar-refractivity contribution is 6.35. The smallest absolute Gasteiger partial charge is 0.410 e. The third-order valence-electron chi connectivity index (χ3n) is 5.71. The molecule has 0 spiro atoms. The molecule has 1 aromatic carbocycles. The zero-order chi connectivity index (χ0) is 24.5. The zero-order valence-corrected chi connectivity index (χ0v) is 20.7. The number of benzene rings is 1. The number of para-hydroxylation sites is 1. The van der Waals surface area contributed by atoms with E-state index in [4.69, 9.17) is 21.3 Å². The predicted octanol–water partition coefficient (Wildman–Crippen LogP) is 5.61. The molecule has 0 aliphatic carbocycles. The van der Waals surface area contributed by atoms with Crippen molar-refractivity contribution < 1.29 is 14.3 Å². The number of carbonyl (C=O) groups excluding carboxylic acids is 2. The number of nitrogens with zero attached hydrogens (tertiary/aromatic N) is 4. The molecule has 180 valence electrons. The molecule has 0 unspecified atom stereocenters. The van der Waals surface area contributed by atoms with E-state index in [0.29, 0.717) is 35.1 Å². The van der Waals surface area contributed by atoms with E-state index in [9.17, 15) is 9.59 Å².